The van der Waals surface area contributed by atoms with E-state index in [4.69, 9.17) is 9.47 Å². The Morgan fingerprint density at radius 2 is 1.44 bits per heavy atom. The van der Waals surface area contributed by atoms with E-state index in [9.17, 15) is 19.2 Å². The minimum atomic E-state index is -0.883. The Balaban J connectivity index is 1.27. The molecule has 1 N–H and O–H groups in total. The molecule has 0 unspecified atom stereocenters. The molecule has 5 saturated carbocycles. The molecule has 5 fully saturated rings. The molecule has 7 nitrogen and oxygen atoms in total. The highest BCUT2D eigenvalue weighted by Crippen LogP contribution is 2.77. The number of rotatable bonds is 17. The summed E-state index contributed by atoms with van der Waals surface area (Å²) in [7, 11) is 0. The number of hydrogen-bond acceptors (Lipinski definition) is 6. The van der Waals surface area contributed by atoms with Crippen LogP contribution in [0.2, 0.25) is 0 Å². The van der Waals surface area contributed by atoms with Gasteiger partial charge in [0.05, 0.1) is 11.8 Å². The van der Waals surface area contributed by atoms with Crippen molar-refractivity contribution in [1.82, 2.24) is 5.32 Å². The van der Waals surface area contributed by atoms with E-state index >= 15 is 0 Å². The van der Waals surface area contributed by atoms with E-state index in [1.165, 1.54) is 44.1 Å². The zero-order valence-corrected chi connectivity index (χ0v) is 35.8. The van der Waals surface area contributed by atoms with E-state index in [1.54, 1.807) is 20.8 Å². The molecule has 54 heavy (non-hydrogen) atoms. The van der Waals surface area contributed by atoms with Crippen molar-refractivity contribution in [2.75, 3.05) is 6.54 Å². The Morgan fingerprint density at radius 1 is 0.778 bits per heavy atom. The first kappa shape index (κ1) is 43.0. The van der Waals surface area contributed by atoms with Crippen molar-refractivity contribution in [3.63, 3.8) is 0 Å². The fraction of sp³-hybridized carbons (Fsp3) is 0.872. The Kier molecular flexibility index (Phi) is 13.0. The first-order valence-electron chi connectivity index (χ1n) is 22.0. The number of esters is 1. The summed E-state index contributed by atoms with van der Waals surface area (Å²) in [6, 6.07) is 0. The minimum Gasteiger partial charge on any atom is -0.462 e. The van der Waals surface area contributed by atoms with Gasteiger partial charge in [-0.05, 0) is 151 Å². The summed E-state index contributed by atoms with van der Waals surface area (Å²) in [6.07, 6.45) is 19.3. The number of nitrogens with one attached hydrogen (secondary N) is 1. The van der Waals surface area contributed by atoms with E-state index in [-0.39, 0.29) is 45.6 Å². The highest BCUT2D eigenvalue weighted by molar-refractivity contribution is 5.84. The molecule has 306 valence electrons. The first-order chi connectivity index (χ1) is 25.3. The van der Waals surface area contributed by atoms with Crippen molar-refractivity contribution in [1.29, 1.82) is 0 Å². The van der Waals surface area contributed by atoms with Gasteiger partial charge in [-0.2, -0.15) is 0 Å². The van der Waals surface area contributed by atoms with E-state index in [2.05, 4.69) is 53.4 Å². The predicted octanol–water partition coefficient (Wildman–Crippen LogP) is 10.7. The third kappa shape index (κ3) is 7.87. The fourth-order valence-electron chi connectivity index (χ4n) is 14.2. The minimum absolute atomic E-state index is 0.0529. The van der Waals surface area contributed by atoms with Gasteiger partial charge in [-0.3, -0.25) is 14.4 Å². The summed E-state index contributed by atoms with van der Waals surface area (Å²) in [5.41, 5.74) is 0.407. The zero-order chi connectivity index (χ0) is 39.7. The molecule has 0 aromatic carbocycles. The number of fused-ring (bicyclic) bond motifs is 7. The van der Waals surface area contributed by atoms with Crippen LogP contribution in [0.25, 0.3) is 0 Å². The number of unbranched alkanes of at least 4 members (excludes halogenated alkanes) is 6. The number of hydrogen-bond donors (Lipinski definition) is 1. The van der Waals surface area contributed by atoms with Crippen LogP contribution in [0.1, 0.15) is 184 Å². The molecule has 7 heteroatoms. The Bertz CT molecular complexity index is 1400. The van der Waals surface area contributed by atoms with Crippen LogP contribution in [0.5, 0.6) is 0 Å². The Hall–Kier alpha value is -2.18. The number of amides is 1. The van der Waals surface area contributed by atoms with Gasteiger partial charge in [-0.15, -0.1) is 0 Å². The highest BCUT2D eigenvalue weighted by atomic mass is 16.6. The molecule has 5 aliphatic carbocycles. The number of allylic oxidation sites excluding steroid dienone is 1. The topological polar surface area (TPSA) is 98.8 Å². The normalized spacial score (nSPS) is 38.2. The van der Waals surface area contributed by atoms with Crippen molar-refractivity contribution < 1.29 is 28.7 Å². The molecule has 5 aliphatic rings. The second kappa shape index (κ2) is 16.4. The Labute approximate surface area is 328 Å². The molecule has 0 spiro atoms. The highest BCUT2D eigenvalue weighted by Gasteiger charge is 2.72. The second-order valence-electron chi connectivity index (χ2n) is 21.0. The van der Waals surface area contributed by atoms with Crippen molar-refractivity contribution in [2.24, 2.45) is 56.7 Å². The van der Waals surface area contributed by atoms with Crippen LogP contribution >= 0.6 is 0 Å². The monoisotopic (exact) mass is 752 g/mol. The summed E-state index contributed by atoms with van der Waals surface area (Å²) < 4.78 is 11.4. The maximum atomic E-state index is 14.5. The SMILES string of the molecule is C=C(C)[C@@H]1CC[C@]2(C(=O)NCCCCCCCCCC(C)=O)CC[C@]3(C)[C@H](CC[C@@H]4[C@@]5(C)CC[C@H](OC(=O)CC(C)(C)OC=O)C(C)(C)[C@@H]5CC[C@]43C)[C@@H]12. The molecule has 0 radical (unpaired) electrons. The van der Waals surface area contributed by atoms with Gasteiger partial charge in [-0.1, -0.05) is 78.9 Å². The van der Waals surface area contributed by atoms with Gasteiger partial charge in [0.2, 0.25) is 5.91 Å². The molecule has 0 heterocycles. The molecule has 0 aromatic rings. The van der Waals surface area contributed by atoms with E-state index in [0.717, 1.165) is 77.2 Å². The zero-order valence-electron chi connectivity index (χ0n) is 35.8. The molecule has 0 aromatic heterocycles. The number of carbonyl (C=O) groups is 4. The summed E-state index contributed by atoms with van der Waals surface area (Å²) in [4.78, 5) is 49.8. The second-order valence-corrected chi connectivity index (χ2v) is 21.0. The molecular weight excluding hydrogens is 675 g/mol. The lowest BCUT2D eigenvalue weighted by Gasteiger charge is -2.72. The summed E-state index contributed by atoms with van der Waals surface area (Å²) in [5, 5.41) is 3.50. The maximum absolute atomic E-state index is 14.5. The van der Waals surface area contributed by atoms with Gasteiger partial charge in [-0.25, -0.2) is 0 Å². The summed E-state index contributed by atoms with van der Waals surface area (Å²) in [6.45, 7) is 25.6. The van der Waals surface area contributed by atoms with Crippen LogP contribution < -0.4 is 5.32 Å². The molecule has 0 bridgehead atoms. The molecule has 1 amide bonds. The van der Waals surface area contributed by atoms with Crippen LogP contribution in [-0.2, 0) is 28.7 Å². The number of Topliss-reactive ketones (excluding diaryl/α,β-unsaturated/α-hetero) is 1. The van der Waals surface area contributed by atoms with Gasteiger partial charge in [0.1, 0.15) is 17.5 Å². The van der Waals surface area contributed by atoms with Gasteiger partial charge >= 0.3 is 5.97 Å². The van der Waals surface area contributed by atoms with Crippen molar-refractivity contribution in [3.05, 3.63) is 12.2 Å². The van der Waals surface area contributed by atoms with E-state index < -0.39 is 5.60 Å². The van der Waals surface area contributed by atoms with Gasteiger partial charge in [0, 0.05) is 18.4 Å². The quantitative estimate of drug-likeness (QED) is 0.0688. The van der Waals surface area contributed by atoms with Crippen LogP contribution in [0, 0.1) is 56.7 Å². The smallest absolute Gasteiger partial charge is 0.310 e. The molecule has 10 atom stereocenters. The van der Waals surface area contributed by atoms with Crippen LogP contribution in [0.3, 0.4) is 0 Å². The lowest BCUT2D eigenvalue weighted by molar-refractivity contribution is -0.249. The van der Waals surface area contributed by atoms with E-state index in [1.807, 2.05) is 0 Å². The van der Waals surface area contributed by atoms with Gasteiger partial charge < -0.3 is 19.6 Å². The molecule has 0 saturated heterocycles. The van der Waals surface area contributed by atoms with Crippen LogP contribution in [0.15, 0.2) is 12.2 Å². The third-order valence-corrected chi connectivity index (χ3v) is 17.2. The fourth-order valence-corrected chi connectivity index (χ4v) is 14.2. The van der Waals surface area contributed by atoms with E-state index in [0.29, 0.717) is 54.2 Å². The standard InChI is InChI=1S/C47H77NO6/c1-32(2)34-21-26-47(41(52)48-29-17-15-13-11-12-14-16-18-33(3)50)28-27-45(9)35(40(34)47)19-20-37-44(8)24-23-38(54-39(51)30-42(4,5)53-31-49)43(6,7)36(44)22-25-46(37,45)10/h31,34-38,40H,1,11-30H2,2-10H3,(H,48,52)/t34-,35+,36-,37+,38-,40+,44-,45+,46+,47-/m0/s1. The largest absolute Gasteiger partial charge is 0.462 e. The molecule has 0 aliphatic heterocycles. The van der Waals surface area contributed by atoms with Crippen molar-refractivity contribution in [2.45, 2.75) is 196 Å². The maximum Gasteiger partial charge on any atom is 0.310 e. The lowest BCUT2D eigenvalue weighted by Crippen LogP contribution is -2.67. The van der Waals surface area contributed by atoms with Crippen LogP contribution in [0.4, 0.5) is 0 Å². The van der Waals surface area contributed by atoms with Crippen LogP contribution in [-0.4, -0.2) is 42.4 Å². The van der Waals surface area contributed by atoms with Crippen molar-refractivity contribution in [3.8, 4) is 0 Å². The molecular formula is C47H77NO6. The predicted molar refractivity (Wildman–Crippen MR) is 215 cm³/mol. The first-order valence-corrected chi connectivity index (χ1v) is 22.0. The average molecular weight is 752 g/mol. The third-order valence-electron chi connectivity index (χ3n) is 17.2. The van der Waals surface area contributed by atoms with Crippen molar-refractivity contribution >= 4 is 24.1 Å². The number of ketones is 1. The van der Waals surface area contributed by atoms with Gasteiger partial charge in [0.25, 0.3) is 6.47 Å². The molecule has 5 rings (SSSR count). The Morgan fingerprint density at radius 3 is 2.09 bits per heavy atom. The summed E-state index contributed by atoms with van der Waals surface area (Å²) in [5.74, 6) is 2.62. The average Bonchev–Trinajstić information content (AvgIpc) is 3.48. The summed E-state index contributed by atoms with van der Waals surface area (Å²) >= 11 is 0. The van der Waals surface area contributed by atoms with Gasteiger partial charge in [0.15, 0.2) is 0 Å². The number of carbonyl (C=O) groups excluding carboxylic acids is 4. The number of ether oxygens (including phenoxy) is 2. The lowest BCUT2D eigenvalue weighted by atomic mass is 9.32.